The third kappa shape index (κ3) is 2.38. The summed E-state index contributed by atoms with van der Waals surface area (Å²) in [5, 5.41) is 10.5. The number of hydrogen-bond donors (Lipinski definition) is 1. The van der Waals surface area contributed by atoms with Gasteiger partial charge in [0.2, 0.25) is 0 Å². The van der Waals surface area contributed by atoms with Crippen LogP contribution < -0.4 is 9.47 Å². The molecule has 3 atom stereocenters. The molecule has 1 aromatic carbocycles. The number of benzene rings is 1. The summed E-state index contributed by atoms with van der Waals surface area (Å²) in [6.45, 7) is 3.34. The van der Waals surface area contributed by atoms with Crippen LogP contribution in [0.25, 0.3) is 0 Å². The zero-order chi connectivity index (χ0) is 15.9. The number of rotatable bonds is 3. The summed E-state index contributed by atoms with van der Waals surface area (Å²) in [7, 11) is 3.18. The normalized spacial score (nSPS) is 28.0. The van der Waals surface area contributed by atoms with E-state index in [-0.39, 0.29) is 12.0 Å². The highest BCUT2D eigenvalue weighted by molar-refractivity contribution is 5.83. The molecule has 0 radical (unpaired) electrons. The minimum atomic E-state index is -0.559. The average Bonchev–Trinajstić information content (AvgIpc) is 2.54. The summed E-state index contributed by atoms with van der Waals surface area (Å²) in [6, 6.07) is 3.79. The van der Waals surface area contributed by atoms with E-state index < -0.39 is 6.10 Å². The van der Waals surface area contributed by atoms with Gasteiger partial charge in [0.25, 0.3) is 0 Å². The molecular formula is C17H23NO4. The van der Waals surface area contributed by atoms with Crippen LogP contribution in [0.1, 0.15) is 43.0 Å². The fourth-order valence-electron chi connectivity index (χ4n) is 3.67. The first-order valence-electron chi connectivity index (χ1n) is 7.79. The second kappa shape index (κ2) is 5.89. The highest BCUT2D eigenvalue weighted by Gasteiger charge is 2.40. The van der Waals surface area contributed by atoms with Crippen LogP contribution in [0.15, 0.2) is 12.1 Å². The Kier molecular flexibility index (Phi) is 4.10. The fraction of sp³-hybridized carbons (Fsp3) is 0.588. The Bertz CT molecular complexity index is 586. The summed E-state index contributed by atoms with van der Waals surface area (Å²) in [4.78, 5) is 14.5. The van der Waals surface area contributed by atoms with Gasteiger partial charge in [0.15, 0.2) is 11.5 Å². The summed E-state index contributed by atoms with van der Waals surface area (Å²) in [5.41, 5.74) is 1.83. The lowest BCUT2D eigenvalue weighted by Gasteiger charge is -2.44. The van der Waals surface area contributed by atoms with Gasteiger partial charge >= 0.3 is 0 Å². The minimum absolute atomic E-state index is 0.0357. The first-order valence-corrected chi connectivity index (χ1v) is 7.79. The van der Waals surface area contributed by atoms with Crippen molar-refractivity contribution in [3.8, 4) is 11.5 Å². The van der Waals surface area contributed by atoms with Crippen molar-refractivity contribution >= 4 is 5.78 Å². The van der Waals surface area contributed by atoms with Gasteiger partial charge in [-0.15, -0.1) is 0 Å². The molecule has 0 aliphatic carbocycles. The maximum Gasteiger partial charge on any atom is 0.161 e. The smallest absolute Gasteiger partial charge is 0.161 e. The number of piperidine rings is 1. The third-order valence-corrected chi connectivity index (χ3v) is 4.95. The van der Waals surface area contributed by atoms with Gasteiger partial charge < -0.3 is 14.6 Å². The third-order valence-electron chi connectivity index (χ3n) is 4.95. The van der Waals surface area contributed by atoms with Gasteiger partial charge in [0.1, 0.15) is 5.78 Å². The minimum Gasteiger partial charge on any atom is -0.493 e. The predicted octanol–water partition coefficient (Wildman–Crippen LogP) is 2.09. The van der Waals surface area contributed by atoms with E-state index in [0.29, 0.717) is 30.2 Å². The summed E-state index contributed by atoms with van der Waals surface area (Å²) in [6.07, 6.45) is 0.807. The molecule has 0 unspecified atom stereocenters. The number of aliphatic hydroxyl groups excluding tert-OH is 1. The standard InChI is InChI=1S/C17H23NO4/c1-4-10-8-18-9-15(20)12-6-17(22-3)16(21-2)5-11(12)13(18)7-14(10)19/h5-6,10,13,15,20H,4,7-9H2,1-3H3/t10-,13-,15+/m1/s1. The fourth-order valence-corrected chi connectivity index (χ4v) is 3.67. The van der Waals surface area contributed by atoms with Gasteiger partial charge in [-0.3, -0.25) is 9.69 Å². The van der Waals surface area contributed by atoms with E-state index in [9.17, 15) is 9.90 Å². The SMILES string of the molecule is CC[C@@H]1CN2C[C@H](O)c3cc(OC)c(OC)cc3[C@H]2CC1=O. The Morgan fingerprint density at radius 1 is 1.18 bits per heavy atom. The van der Waals surface area contributed by atoms with E-state index in [0.717, 1.165) is 24.1 Å². The molecule has 5 nitrogen and oxygen atoms in total. The molecule has 0 aromatic heterocycles. The molecule has 120 valence electrons. The summed E-state index contributed by atoms with van der Waals surface area (Å²) >= 11 is 0. The first-order chi connectivity index (χ1) is 10.6. The quantitative estimate of drug-likeness (QED) is 0.926. The van der Waals surface area contributed by atoms with Gasteiger partial charge in [-0.05, 0) is 29.7 Å². The molecule has 1 N–H and O–H groups in total. The van der Waals surface area contributed by atoms with Crippen LogP contribution in [0.2, 0.25) is 0 Å². The Morgan fingerprint density at radius 2 is 1.82 bits per heavy atom. The molecule has 0 bridgehead atoms. The Labute approximate surface area is 130 Å². The number of hydrogen-bond acceptors (Lipinski definition) is 5. The first kappa shape index (κ1) is 15.3. The number of carbonyl (C=O) groups excluding carboxylic acids is 1. The van der Waals surface area contributed by atoms with Crippen molar-refractivity contribution < 1.29 is 19.4 Å². The van der Waals surface area contributed by atoms with Crippen LogP contribution in [-0.2, 0) is 4.79 Å². The monoisotopic (exact) mass is 305 g/mol. The number of nitrogens with zero attached hydrogens (tertiary/aromatic N) is 1. The van der Waals surface area contributed by atoms with Crippen molar-refractivity contribution in [2.75, 3.05) is 27.3 Å². The highest BCUT2D eigenvalue weighted by Crippen LogP contribution is 2.44. The van der Waals surface area contributed by atoms with Crippen molar-refractivity contribution in [2.45, 2.75) is 31.9 Å². The maximum atomic E-state index is 12.3. The highest BCUT2D eigenvalue weighted by atomic mass is 16.5. The average molecular weight is 305 g/mol. The molecule has 0 amide bonds. The van der Waals surface area contributed by atoms with Crippen LogP contribution in [-0.4, -0.2) is 43.1 Å². The lowest BCUT2D eigenvalue weighted by atomic mass is 9.81. The van der Waals surface area contributed by atoms with Crippen LogP contribution in [0, 0.1) is 5.92 Å². The van der Waals surface area contributed by atoms with Crippen molar-refractivity contribution in [3.05, 3.63) is 23.3 Å². The maximum absolute atomic E-state index is 12.3. The van der Waals surface area contributed by atoms with Crippen molar-refractivity contribution in [3.63, 3.8) is 0 Å². The van der Waals surface area contributed by atoms with Crippen LogP contribution in [0.4, 0.5) is 0 Å². The number of fused-ring (bicyclic) bond motifs is 3. The molecule has 3 rings (SSSR count). The molecule has 2 aliphatic rings. The number of carbonyl (C=O) groups is 1. The van der Waals surface area contributed by atoms with Crippen molar-refractivity contribution in [1.82, 2.24) is 4.90 Å². The number of ketones is 1. The molecule has 1 fully saturated rings. The van der Waals surface area contributed by atoms with Gasteiger partial charge in [-0.25, -0.2) is 0 Å². The van der Waals surface area contributed by atoms with Gasteiger partial charge in [0, 0.05) is 31.5 Å². The molecule has 0 saturated carbocycles. The van der Waals surface area contributed by atoms with E-state index in [1.807, 2.05) is 19.1 Å². The van der Waals surface area contributed by atoms with Crippen molar-refractivity contribution in [1.29, 1.82) is 0 Å². The van der Waals surface area contributed by atoms with E-state index >= 15 is 0 Å². The largest absolute Gasteiger partial charge is 0.493 e. The molecular weight excluding hydrogens is 282 g/mol. The van der Waals surface area contributed by atoms with Crippen LogP contribution in [0.5, 0.6) is 11.5 Å². The number of Topliss-reactive ketones (excluding diaryl/α,β-unsaturated/α-hetero) is 1. The van der Waals surface area contributed by atoms with E-state index in [4.69, 9.17) is 9.47 Å². The zero-order valence-electron chi connectivity index (χ0n) is 13.3. The van der Waals surface area contributed by atoms with Gasteiger partial charge in [-0.1, -0.05) is 6.92 Å². The second-order valence-corrected chi connectivity index (χ2v) is 6.10. The lowest BCUT2D eigenvalue weighted by Crippen LogP contribution is -2.47. The lowest BCUT2D eigenvalue weighted by molar-refractivity contribution is -0.129. The molecule has 0 spiro atoms. The zero-order valence-corrected chi connectivity index (χ0v) is 13.3. The molecule has 1 saturated heterocycles. The Morgan fingerprint density at radius 3 is 2.41 bits per heavy atom. The predicted molar refractivity (Wildman–Crippen MR) is 82.2 cm³/mol. The van der Waals surface area contributed by atoms with E-state index in [1.165, 1.54) is 0 Å². The number of methoxy groups -OCH3 is 2. The molecule has 2 heterocycles. The molecule has 1 aromatic rings. The molecule has 22 heavy (non-hydrogen) atoms. The molecule has 5 heteroatoms. The van der Waals surface area contributed by atoms with Gasteiger partial charge in [0.05, 0.1) is 20.3 Å². The summed E-state index contributed by atoms with van der Waals surface area (Å²) < 4.78 is 10.7. The topological polar surface area (TPSA) is 59.0 Å². The molecule has 2 aliphatic heterocycles. The van der Waals surface area contributed by atoms with Gasteiger partial charge in [-0.2, -0.15) is 0 Å². The summed E-state index contributed by atoms with van der Waals surface area (Å²) in [5.74, 6) is 1.66. The van der Waals surface area contributed by atoms with Crippen LogP contribution >= 0.6 is 0 Å². The van der Waals surface area contributed by atoms with E-state index in [1.54, 1.807) is 14.2 Å². The number of ether oxygens (including phenoxy) is 2. The van der Waals surface area contributed by atoms with Crippen molar-refractivity contribution in [2.24, 2.45) is 5.92 Å². The Hall–Kier alpha value is -1.59. The number of aliphatic hydroxyl groups is 1. The Balaban J connectivity index is 2.03. The van der Waals surface area contributed by atoms with Crippen LogP contribution in [0.3, 0.4) is 0 Å². The van der Waals surface area contributed by atoms with E-state index in [2.05, 4.69) is 4.90 Å². The second-order valence-electron chi connectivity index (χ2n) is 6.10.